The van der Waals surface area contributed by atoms with Crippen LogP contribution in [-0.4, -0.2) is 13.0 Å². The molecule has 0 radical (unpaired) electrons. The Kier molecular flexibility index (Phi) is 3.86. The maximum atomic E-state index is 11.4. The van der Waals surface area contributed by atoms with Crippen molar-refractivity contribution in [2.24, 2.45) is 5.73 Å². The van der Waals surface area contributed by atoms with E-state index >= 15 is 0 Å². The molecule has 1 unspecified atom stereocenters. The number of hydrogen-bond donors (Lipinski definition) is 2. The van der Waals surface area contributed by atoms with Crippen molar-refractivity contribution in [3.8, 4) is 5.75 Å². The predicted octanol–water partition coefficient (Wildman–Crippen LogP) is 2.94. The minimum atomic E-state index is -0.211. The van der Waals surface area contributed by atoms with E-state index in [1.165, 1.54) is 0 Å². The number of amides is 1. The molecule has 1 aliphatic rings. The normalized spacial score (nSPS) is 15.0. The molecule has 3 rings (SSSR count). The molecule has 0 spiro atoms. The second-order valence-corrected chi connectivity index (χ2v) is 5.67. The summed E-state index contributed by atoms with van der Waals surface area (Å²) in [6.07, 6.45) is 1.29. The van der Waals surface area contributed by atoms with Crippen molar-refractivity contribution in [2.75, 3.05) is 12.4 Å². The largest absolute Gasteiger partial charge is 0.496 e. The van der Waals surface area contributed by atoms with Crippen LogP contribution in [-0.2, 0) is 11.2 Å². The van der Waals surface area contributed by atoms with Crippen LogP contribution in [0.3, 0.4) is 0 Å². The first-order chi connectivity index (χ1) is 10.6. The molecule has 0 fully saturated rings. The summed E-state index contributed by atoms with van der Waals surface area (Å²) in [7, 11) is 1.67. The van der Waals surface area contributed by atoms with E-state index in [9.17, 15) is 4.79 Å². The highest BCUT2D eigenvalue weighted by atomic mass is 16.5. The molecule has 1 heterocycles. The third kappa shape index (κ3) is 2.70. The molecular weight excluding hydrogens is 276 g/mol. The van der Waals surface area contributed by atoms with Crippen LogP contribution in [0.4, 0.5) is 5.69 Å². The summed E-state index contributed by atoms with van der Waals surface area (Å²) in [5.41, 5.74) is 11.6. The van der Waals surface area contributed by atoms with Gasteiger partial charge in [0, 0.05) is 12.1 Å². The van der Waals surface area contributed by atoms with Crippen molar-refractivity contribution in [2.45, 2.75) is 25.8 Å². The number of carbonyl (C=O) groups excluding carboxylic acids is 1. The van der Waals surface area contributed by atoms with Gasteiger partial charge in [-0.3, -0.25) is 4.79 Å². The average molecular weight is 296 g/mol. The first-order valence-electron chi connectivity index (χ1n) is 7.41. The maximum Gasteiger partial charge on any atom is 0.224 e. The van der Waals surface area contributed by atoms with Gasteiger partial charge >= 0.3 is 0 Å². The highest BCUT2D eigenvalue weighted by Gasteiger charge is 2.17. The van der Waals surface area contributed by atoms with Crippen LogP contribution >= 0.6 is 0 Å². The highest BCUT2D eigenvalue weighted by Crippen LogP contribution is 2.30. The first-order valence-corrected chi connectivity index (χ1v) is 7.41. The third-order valence-electron chi connectivity index (χ3n) is 4.18. The summed E-state index contributed by atoms with van der Waals surface area (Å²) in [5, 5.41) is 2.89. The first kappa shape index (κ1) is 14.6. The van der Waals surface area contributed by atoms with Gasteiger partial charge in [0.15, 0.2) is 0 Å². The SMILES string of the molecule is COc1cc(C(N)c2ccc3c(c2)CCC(=O)N3)ccc1C. The standard InChI is InChI=1S/C18H20N2O2/c1-11-3-4-14(10-16(11)22-2)18(19)13-5-7-15-12(9-13)6-8-17(21)20-15/h3-5,7,9-10,18H,6,8,19H2,1-2H3,(H,20,21). The lowest BCUT2D eigenvalue weighted by atomic mass is 9.93. The van der Waals surface area contributed by atoms with E-state index in [2.05, 4.69) is 11.4 Å². The van der Waals surface area contributed by atoms with Gasteiger partial charge in [-0.15, -0.1) is 0 Å². The van der Waals surface area contributed by atoms with Gasteiger partial charge in [0.2, 0.25) is 5.91 Å². The zero-order valence-corrected chi connectivity index (χ0v) is 12.8. The second-order valence-electron chi connectivity index (χ2n) is 5.67. The number of aryl methyl sites for hydroxylation is 2. The van der Waals surface area contributed by atoms with Crippen molar-refractivity contribution in [3.05, 3.63) is 58.7 Å². The lowest BCUT2D eigenvalue weighted by Crippen LogP contribution is -2.20. The van der Waals surface area contributed by atoms with Gasteiger partial charge in [-0.05, 0) is 47.7 Å². The number of methoxy groups -OCH3 is 1. The smallest absolute Gasteiger partial charge is 0.224 e. The van der Waals surface area contributed by atoms with Crippen LogP contribution in [0.1, 0.15) is 34.7 Å². The molecule has 2 aromatic carbocycles. The van der Waals surface area contributed by atoms with E-state index in [-0.39, 0.29) is 11.9 Å². The zero-order chi connectivity index (χ0) is 15.7. The Morgan fingerprint density at radius 3 is 2.64 bits per heavy atom. The summed E-state index contributed by atoms with van der Waals surface area (Å²) in [5.74, 6) is 0.922. The number of anilines is 1. The number of benzene rings is 2. The van der Waals surface area contributed by atoms with Crippen LogP contribution in [0.5, 0.6) is 5.75 Å². The summed E-state index contributed by atoms with van der Waals surface area (Å²) in [6, 6.07) is 11.8. The van der Waals surface area contributed by atoms with E-state index in [0.717, 1.165) is 40.1 Å². The van der Waals surface area contributed by atoms with Crippen LogP contribution in [0.25, 0.3) is 0 Å². The van der Waals surface area contributed by atoms with Crippen LogP contribution in [0, 0.1) is 6.92 Å². The molecule has 4 heteroatoms. The van der Waals surface area contributed by atoms with Gasteiger partial charge in [0.05, 0.1) is 13.2 Å². The number of carbonyl (C=O) groups is 1. The van der Waals surface area contributed by atoms with E-state index in [1.807, 2.05) is 37.3 Å². The monoisotopic (exact) mass is 296 g/mol. The quantitative estimate of drug-likeness (QED) is 0.915. The van der Waals surface area contributed by atoms with Gasteiger partial charge < -0.3 is 15.8 Å². The molecule has 0 saturated heterocycles. The van der Waals surface area contributed by atoms with Gasteiger partial charge in [-0.1, -0.05) is 24.3 Å². The molecule has 0 aromatic heterocycles. The lowest BCUT2D eigenvalue weighted by molar-refractivity contribution is -0.116. The number of fused-ring (bicyclic) bond motifs is 1. The maximum absolute atomic E-state index is 11.4. The molecule has 1 atom stereocenters. The molecule has 2 aromatic rings. The van der Waals surface area contributed by atoms with Gasteiger partial charge in [-0.2, -0.15) is 0 Å². The summed E-state index contributed by atoms with van der Waals surface area (Å²) >= 11 is 0. The number of ether oxygens (including phenoxy) is 1. The van der Waals surface area contributed by atoms with Crippen molar-refractivity contribution < 1.29 is 9.53 Å². The molecule has 114 valence electrons. The summed E-state index contributed by atoms with van der Waals surface area (Å²) in [6.45, 7) is 2.01. The van der Waals surface area contributed by atoms with Crippen molar-refractivity contribution in [3.63, 3.8) is 0 Å². The van der Waals surface area contributed by atoms with Gasteiger partial charge in [0.25, 0.3) is 0 Å². The highest BCUT2D eigenvalue weighted by molar-refractivity contribution is 5.93. The Morgan fingerprint density at radius 2 is 1.86 bits per heavy atom. The topological polar surface area (TPSA) is 64.3 Å². The number of rotatable bonds is 3. The Labute approximate surface area is 130 Å². The molecule has 4 nitrogen and oxygen atoms in total. The van der Waals surface area contributed by atoms with E-state index < -0.39 is 0 Å². The van der Waals surface area contributed by atoms with Crippen molar-refractivity contribution in [1.29, 1.82) is 0 Å². The van der Waals surface area contributed by atoms with Gasteiger partial charge in [0.1, 0.15) is 5.75 Å². The summed E-state index contributed by atoms with van der Waals surface area (Å²) in [4.78, 5) is 11.4. The van der Waals surface area contributed by atoms with Crippen molar-refractivity contribution >= 4 is 11.6 Å². The average Bonchev–Trinajstić information content (AvgIpc) is 2.54. The number of nitrogens with one attached hydrogen (secondary N) is 1. The van der Waals surface area contributed by atoms with E-state index in [1.54, 1.807) is 7.11 Å². The third-order valence-corrected chi connectivity index (χ3v) is 4.18. The Hall–Kier alpha value is -2.33. The minimum Gasteiger partial charge on any atom is -0.496 e. The van der Waals surface area contributed by atoms with Crippen LogP contribution < -0.4 is 15.8 Å². The van der Waals surface area contributed by atoms with Crippen LogP contribution in [0.15, 0.2) is 36.4 Å². The minimum absolute atomic E-state index is 0.0767. The molecule has 1 aliphatic heterocycles. The molecule has 1 amide bonds. The number of nitrogens with two attached hydrogens (primary N) is 1. The lowest BCUT2D eigenvalue weighted by Gasteiger charge is -2.20. The Morgan fingerprint density at radius 1 is 1.14 bits per heavy atom. The fourth-order valence-corrected chi connectivity index (χ4v) is 2.82. The molecule has 0 aliphatic carbocycles. The molecule has 0 bridgehead atoms. The second kappa shape index (κ2) is 5.81. The van der Waals surface area contributed by atoms with Crippen LogP contribution in [0.2, 0.25) is 0 Å². The molecular formula is C18H20N2O2. The molecule has 3 N–H and O–H groups in total. The molecule has 22 heavy (non-hydrogen) atoms. The fraction of sp³-hybridized carbons (Fsp3) is 0.278. The van der Waals surface area contributed by atoms with E-state index in [0.29, 0.717) is 6.42 Å². The zero-order valence-electron chi connectivity index (χ0n) is 12.8. The van der Waals surface area contributed by atoms with Crippen molar-refractivity contribution in [1.82, 2.24) is 0 Å². The summed E-state index contributed by atoms with van der Waals surface area (Å²) < 4.78 is 5.37. The molecule has 0 saturated carbocycles. The Bertz CT molecular complexity index is 725. The number of hydrogen-bond acceptors (Lipinski definition) is 3. The predicted molar refractivity (Wildman–Crippen MR) is 87.2 cm³/mol. The Balaban J connectivity index is 1.92. The van der Waals surface area contributed by atoms with Gasteiger partial charge in [-0.25, -0.2) is 0 Å². The van der Waals surface area contributed by atoms with E-state index in [4.69, 9.17) is 10.5 Å². The fourth-order valence-electron chi connectivity index (χ4n) is 2.82.